The van der Waals surface area contributed by atoms with Crippen LogP contribution in [0, 0.1) is 12.8 Å². The Morgan fingerprint density at radius 3 is 2.53 bits per heavy atom. The highest BCUT2D eigenvalue weighted by molar-refractivity contribution is 6.16. The third-order valence-corrected chi connectivity index (χ3v) is 4.41. The van der Waals surface area contributed by atoms with Gasteiger partial charge in [-0.1, -0.05) is 32.8 Å². The van der Waals surface area contributed by atoms with E-state index in [1.165, 1.54) is 23.9 Å². The highest BCUT2D eigenvalue weighted by atomic mass is 35.5. The van der Waals surface area contributed by atoms with Crippen LogP contribution in [0.5, 0.6) is 0 Å². The summed E-state index contributed by atoms with van der Waals surface area (Å²) >= 11 is 6.10. The van der Waals surface area contributed by atoms with Gasteiger partial charge >= 0.3 is 0 Å². The zero-order valence-corrected chi connectivity index (χ0v) is 13.0. The molecule has 0 radical (unpaired) electrons. The normalized spacial score (nSPS) is 13.4. The number of rotatable bonds is 5. The highest BCUT2D eigenvalue weighted by Crippen LogP contribution is 2.30. The van der Waals surface area contributed by atoms with Crippen molar-refractivity contribution in [2.24, 2.45) is 5.92 Å². The van der Waals surface area contributed by atoms with Gasteiger partial charge in [0.2, 0.25) is 0 Å². The molecule has 1 aromatic heterocycles. The molecule has 0 bridgehead atoms. The monoisotopic (exact) mass is 278 g/mol. The van der Waals surface area contributed by atoms with Crippen LogP contribution in [0.1, 0.15) is 51.0 Å². The lowest BCUT2D eigenvalue weighted by Gasteiger charge is -2.25. The molecule has 3 heteroatoms. The predicted octanol–water partition coefficient (Wildman–Crippen LogP) is 5.08. The van der Waals surface area contributed by atoms with Gasteiger partial charge in [0.15, 0.2) is 0 Å². The van der Waals surface area contributed by atoms with E-state index in [0.29, 0.717) is 17.8 Å². The Bertz CT molecular complexity index is 555. The first-order chi connectivity index (χ1) is 9.12. The number of nitrogens with zero attached hydrogens (tertiary/aromatic N) is 2. The molecule has 104 valence electrons. The first-order valence-corrected chi connectivity index (χ1v) is 7.69. The molecule has 1 unspecified atom stereocenters. The largest absolute Gasteiger partial charge is 0.324 e. The summed E-state index contributed by atoms with van der Waals surface area (Å²) in [5, 5.41) is 0. The Balaban J connectivity index is 2.57. The van der Waals surface area contributed by atoms with Crippen LogP contribution in [0.25, 0.3) is 11.0 Å². The van der Waals surface area contributed by atoms with E-state index >= 15 is 0 Å². The van der Waals surface area contributed by atoms with E-state index in [0.717, 1.165) is 11.3 Å². The molecule has 0 N–H and O–H groups in total. The summed E-state index contributed by atoms with van der Waals surface area (Å²) in [7, 11) is 0. The van der Waals surface area contributed by atoms with Crippen molar-refractivity contribution in [2.75, 3.05) is 0 Å². The molecule has 1 heterocycles. The summed E-state index contributed by atoms with van der Waals surface area (Å²) in [4.78, 5) is 4.70. The molecule has 2 rings (SSSR count). The third kappa shape index (κ3) is 2.64. The molecule has 0 saturated heterocycles. The fourth-order valence-corrected chi connectivity index (χ4v) is 3.18. The van der Waals surface area contributed by atoms with Crippen molar-refractivity contribution in [3.63, 3.8) is 0 Å². The minimum Gasteiger partial charge on any atom is -0.324 e. The van der Waals surface area contributed by atoms with Crippen molar-refractivity contribution in [2.45, 2.75) is 52.5 Å². The Hall–Kier alpha value is -1.02. The van der Waals surface area contributed by atoms with Gasteiger partial charge in [0.25, 0.3) is 0 Å². The predicted molar refractivity (Wildman–Crippen MR) is 82.8 cm³/mol. The van der Waals surface area contributed by atoms with Crippen molar-refractivity contribution in [1.82, 2.24) is 9.55 Å². The quantitative estimate of drug-likeness (QED) is 0.697. The van der Waals surface area contributed by atoms with E-state index in [9.17, 15) is 0 Å². The average molecular weight is 279 g/mol. The van der Waals surface area contributed by atoms with Crippen molar-refractivity contribution in [3.05, 3.63) is 29.6 Å². The minimum absolute atomic E-state index is 0.441. The van der Waals surface area contributed by atoms with Crippen LogP contribution in [0.4, 0.5) is 0 Å². The molecule has 0 fully saturated rings. The summed E-state index contributed by atoms with van der Waals surface area (Å²) in [6.45, 7) is 8.90. The number of alkyl halides is 1. The SMILES string of the molecule is CCC(CC)C(C)n1c(CCl)nc2cc(C)ccc21. The second-order valence-electron chi connectivity index (χ2n) is 5.34. The molecular formula is C16H23ClN2. The number of aromatic nitrogens is 2. The number of imidazole rings is 1. The van der Waals surface area contributed by atoms with E-state index in [4.69, 9.17) is 16.6 Å². The Morgan fingerprint density at radius 1 is 1.26 bits per heavy atom. The topological polar surface area (TPSA) is 17.8 Å². The molecule has 0 aliphatic rings. The summed E-state index contributed by atoms with van der Waals surface area (Å²) in [6.07, 6.45) is 2.37. The van der Waals surface area contributed by atoms with E-state index in [-0.39, 0.29) is 0 Å². The summed E-state index contributed by atoms with van der Waals surface area (Å²) in [5.41, 5.74) is 3.52. The zero-order valence-electron chi connectivity index (χ0n) is 12.3. The van der Waals surface area contributed by atoms with Gasteiger partial charge in [-0.25, -0.2) is 4.98 Å². The molecule has 2 aromatic rings. The minimum atomic E-state index is 0.441. The van der Waals surface area contributed by atoms with Gasteiger partial charge < -0.3 is 4.57 Å². The van der Waals surface area contributed by atoms with E-state index in [1.54, 1.807) is 0 Å². The average Bonchev–Trinajstić information content (AvgIpc) is 2.77. The molecule has 0 aliphatic carbocycles. The summed E-state index contributed by atoms with van der Waals surface area (Å²) < 4.78 is 2.33. The van der Waals surface area contributed by atoms with Gasteiger partial charge in [0.1, 0.15) is 5.82 Å². The van der Waals surface area contributed by atoms with Gasteiger partial charge in [0.05, 0.1) is 16.9 Å². The second-order valence-corrected chi connectivity index (χ2v) is 5.61. The third-order valence-electron chi connectivity index (χ3n) is 4.18. The van der Waals surface area contributed by atoms with Gasteiger partial charge in [0, 0.05) is 6.04 Å². The Kier molecular flexibility index (Phi) is 4.51. The number of aryl methyl sites for hydroxylation is 1. The number of hydrogen-bond acceptors (Lipinski definition) is 1. The van der Waals surface area contributed by atoms with Gasteiger partial charge in [-0.15, -0.1) is 11.6 Å². The lowest BCUT2D eigenvalue weighted by Crippen LogP contribution is -2.17. The fourth-order valence-electron chi connectivity index (χ4n) is 2.99. The van der Waals surface area contributed by atoms with Crippen LogP contribution < -0.4 is 0 Å². The molecule has 19 heavy (non-hydrogen) atoms. The first kappa shape index (κ1) is 14.4. The molecule has 1 aromatic carbocycles. The number of benzene rings is 1. The number of hydrogen-bond donors (Lipinski definition) is 0. The van der Waals surface area contributed by atoms with Gasteiger partial charge in [-0.2, -0.15) is 0 Å². The molecule has 0 saturated carbocycles. The number of fused-ring (bicyclic) bond motifs is 1. The maximum atomic E-state index is 6.10. The van der Waals surface area contributed by atoms with Crippen LogP contribution in [-0.4, -0.2) is 9.55 Å². The van der Waals surface area contributed by atoms with E-state index in [1.807, 2.05) is 0 Å². The van der Waals surface area contributed by atoms with Gasteiger partial charge in [-0.3, -0.25) is 0 Å². The van der Waals surface area contributed by atoms with Crippen LogP contribution in [0.3, 0.4) is 0 Å². The standard InChI is InChI=1S/C16H23ClN2/c1-5-13(6-2)12(4)19-15-8-7-11(3)9-14(15)18-16(19)10-17/h7-9,12-13H,5-6,10H2,1-4H3. The van der Waals surface area contributed by atoms with Crippen LogP contribution in [0.15, 0.2) is 18.2 Å². The fraction of sp³-hybridized carbons (Fsp3) is 0.562. The molecule has 0 aliphatic heterocycles. The maximum Gasteiger partial charge on any atom is 0.125 e. The second kappa shape index (κ2) is 5.96. The summed E-state index contributed by atoms with van der Waals surface area (Å²) in [5.74, 6) is 2.13. The maximum absolute atomic E-state index is 6.10. The Labute approximate surface area is 120 Å². The molecule has 2 nitrogen and oxygen atoms in total. The number of halogens is 1. The molecule has 1 atom stereocenters. The smallest absolute Gasteiger partial charge is 0.125 e. The summed E-state index contributed by atoms with van der Waals surface area (Å²) in [6, 6.07) is 6.91. The van der Waals surface area contributed by atoms with Crippen molar-refractivity contribution in [3.8, 4) is 0 Å². The van der Waals surface area contributed by atoms with Crippen molar-refractivity contribution >= 4 is 22.6 Å². The Morgan fingerprint density at radius 2 is 1.95 bits per heavy atom. The zero-order chi connectivity index (χ0) is 14.0. The highest BCUT2D eigenvalue weighted by Gasteiger charge is 2.20. The molecule has 0 spiro atoms. The van der Waals surface area contributed by atoms with E-state index < -0.39 is 0 Å². The van der Waals surface area contributed by atoms with Crippen molar-refractivity contribution < 1.29 is 0 Å². The molecular weight excluding hydrogens is 256 g/mol. The lowest BCUT2D eigenvalue weighted by molar-refractivity contribution is 0.334. The van der Waals surface area contributed by atoms with Crippen LogP contribution >= 0.6 is 11.6 Å². The van der Waals surface area contributed by atoms with Crippen LogP contribution in [-0.2, 0) is 5.88 Å². The van der Waals surface area contributed by atoms with Crippen molar-refractivity contribution in [1.29, 1.82) is 0 Å². The molecule has 0 amide bonds. The van der Waals surface area contributed by atoms with Gasteiger partial charge in [-0.05, 0) is 37.5 Å². The first-order valence-electron chi connectivity index (χ1n) is 7.15. The lowest BCUT2D eigenvalue weighted by atomic mass is 9.95. The van der Waals surface area contributed by atoms with Crippen LogP contribution in [0.2, 0.25) is 0 Å². The van der Waals surface area contributed by atoms with E-state index in [2.05, 4.69) is 50.5 Å².